The van der Waals surface area contributed by atoms with Crippen LogP contribution in [0, 0.1) is 0 Å². The van der Waals surface area contributed by atoms with Crippen molar-refractivity contribution in [3.63, 3.8) is 0 Å². The van der Waals surface area contributed by atoms with Crippen molar-refractivity contribution in [2.75, 3.05) is 5.43 Å². The fourth-order valence-corrected chi connectivity index (χ4v) is 1.46. The molecular formula is C10H12F6N2O3S. The third-order valence-corrected chi connectivity index (χ3v) is 3.09. The summed E-state index contributed by atoms with van der Waals surface area (Å²) in [4.78, 5) is 0. The molecule has 1 aromatic carbocycles. The van der Waals surface area contributed by atoms with Crippen LogP contribution in [0.1, 0.15) is 6.92 Å². The van der Waals surface area contributed by atoms with Crippen LogP contribution < -0.4 is 11.3 Å². The van der Waals surface area contributed by atoms with Gasteiger partial charge in [-0.15, -0.1) is 0 Å². The Labute approximate surface area is 121 Å². The zero-order chi connectivity index (χ0) is 17.8. The summed E-state index contributed by atoms with van der Waals surface area (Å²) < 4.78 is 99.6. The minimum absolute atomic E-state index is 0.591. The molecule has 1 rings (SSSR count). The molecule has 0 aliphatic heterocycles. The molecule has 0 unspecified atom stereocenters. The Kier molecular flexibility index (Phi) is 6.24. The average molecular weight is 354 g/mol. The first-order chi connectivity index (χ1) is 9.68. The lowest BCUT2D eigenvalue weighted by molar-refractivity contribution is -0.273. The maximum absolute atomic E-state index is 12.2. The van der Waals surface area contributed by atoms with Crippen LogP contribution in [0.2, 0.25) is 0 Å². The molecule has 0 atom stereocenters. The number of halogens is 6. The van der Waals surface area contributed by atoms with Crippen LogP contribution in [-0.2, 0) is 10.1 Å². The van der Waals surface area contributed by atoms with Crippen molar-refractivity contribution >= 4 is 15.8 Å². The summed E-state index contributed by atoms with van der Waals surface area (Å²) in [6.45, 7) is -0.591. The monoisotopic (exact) mass is 354 g/mol. The third kappa shape index (κ3) is 4.48. The Hall–Kier alpha value is -1.53. The molecule has 0 saturated heterocycles. The highest BCUT2D eigenvalue weighted by atomic mass is 32.2. The zero-order valence-electron chi connectivity index (χ0n) is 10.9. The molecule has 0 bridgehead atoms. The van der Waals surface area contributed by atoms with Gasteiger partial charge in [0.05, 0.1) is 0 Å². The number of alkyl halides is 6. The number of nitrogen functional groups attached to an aromatic ring is 1. The van der Waals surface area contributed by atoms with Crippen LogP contribution in [-0.4, -0.2) is 30.1 Å². The second-order valence-corrected chi connectivity index (χ2v) is 5.43. The number of rotatable bonds is 4. The molecule has 1 aromatic rings. The first-order valence-electron chi connectivity index (χ1n) is 5.30. The molecule has 5 nitrogen and oxygen atoms in total. The standard InChI is InChI=1S/C6H8N2.C4H4F6O3S/c7-8-6-4-2-1-3-5-6;1-2(5,6)3(7,8)4(9,10)14(11,12)13/h1-5,8H,7H2;1H3,(H,11,12,13). The molecule has 0 aromatic heterocycles. The maximum atomic E-state index is 12.2. The van der Waals surface area contributed by atoms with Crippen LogP contribution in [0.4, 0.5) is 32.0 Å². The van der Waals surface area contributed by atoms with Gasteiger partial charge in [-0.3, -0.25) is 10.4 Å². The predicted molar refractivity (Wildman–Crippen MR) is 66.3 cm³/mol. The average Bonchev–Trinajstić information content (AvgIpc) is 2.37. The van der Waals surface area contributed by atoms with Gasteiger partial charge < -0.3 is 5.43 Å². The van der Waals surface area contributed by atoms with E-state index in [4.69, 9.17) is 10.4 Å². The largest absolute Gasteiger partial charge is 0.437 e. The molecule has 0 heterocycles. The molecule has 0 saturated carbocycles. The van der Waals surface area contributed by atoms with E-state index < -0.39 is 34.1 Å². The van der Waals surface area contributed by atoms with E-state index >= 15 is 0 Å². The highest BCUT2D eigenvalue weighted by molar-refractivity contribution is 7.87. The third-order valence-electron chi connectivity index (χ3n) is 2.18. The summed E-state index contributed by atoms with van der Waals surface area (Å²) in [6.07, 6.45) is 0. The normalized spacial score (nSPS) is 13.1. The van der Waals surface area contributed by atoms with Gasteiger partial charge in [-0.05, 0) is 12.1 Å². The Morgan fingerprint density at radius 3 is 1.64 bits per heavy atom. The van der Waals surface area contributed by atoms with Crippen LogP contribution in [0.3, 0.4) is 0 Å². The Morgan fingerprint density at radius 1 is 1.05 bits per heavy atom. The van der Waals surface area contributed by atoms with E-state index in [1.165, 1.54) is 0 Å². The minimum Gasteiger partial charge on any atom is -0.324 e. The summed E-state index contributed by atoms with van der Waals surface area (Å²) >= 11 is 0. The number of nitrogens with two attached hydrogens (primary N) is 1. The zero-order valence-corrected chi connectivity index (χ0v) is 11.7. The minimum atomic E-state index is -6.61. The molecule has 0 radical (unpaired) electrons. The second-order valence-electron chi connectivity index (χ2n) is 3.96. The van der Waals surface area contributed by atoms with Crippen molar-refractivity contribution in [1.82, 2.24) is 0 Å². The lowest BCUT2D eigenvalue weighted by Crippen LogP contribution is -2.56. The fraction of sp³-hybridized carbons (Fsp3) is 0.400. The smallest absolute Gasteiger partial charge is 0.324 e. The molecule has 0 fully saturated rings. The van der Waals surface area contributed by atoms with Crippen molar-refractivity contribution in [3.8, 4) is 0 Å². The highest BCUT2D eigenvalue weighted by Crippen LogP contribution is 2.47. The van der Waals surface area contributed by atoms with Gasteiger partial charge in [0.25, 0.3) is 0 Å². The molecular weight excluding hydrogens is 342 g/mol. The van der Waals surface area contributed by atoms with Gasteiger partial charge in [-0.2, -0.15) is 34.8 Å². The SMILES string of the molecule is CC(F)(F)C(F)(F)C(F)(F)S(=O)(=O)O.NNc1ccccc1. The number of nitrogens with one attached hydrogen (secondary N) is 1. The lowest BCUT2D eigenvalue weighted by atomic mass is 10.2. The van der Waals surface area contributed by atoms with Gasteiger partial charge in [0.1, 0.15) is 0 Å². The maximum Gasteiger partial charge on any atom is 0.437 e. The summed E-state index contributed by atoms with van der Waals surface area (Å²) in [6, 6.07) is 9.60. The number of anilines is 1. The molecule has 12 heteroatoms. The van der Waals surface area contributed by atoms with Crippen molar-refractivity contribution < 1.29 is 39.3 Å². The molecule has 0 spiro atoms. The Balaban J connectivity index is 0.000000461. The van der Waals surface area contributed by atoms with Crippen molar-refractivity contribution in [2.24, 2.45) is 5.84 Å². The van der Waals surface area contributed by atoms with Gasteiger partial charge in [-0.25, -0.2) is 0 Å². The van der Waals surface area contributed by atoms with E-state index in [0.29, 0.717) is 0 Å². The summed E-state index contributed by atoms with van der Waals surface area (Å²) in [5.74, 6) is -6.37. The van der Waals surface area contributed by atoms with Crippen molar-refractivity contribution in [3.05, 3.63) is 30.3 Å². The van der Waals surface area contributed by atoms with Crippen LogP contribution >= 0.6 is 0 Å². The quantitative estimate of drug-likeness (QED) is 0.335. The van der Waals surface area contributed by atoms with E-state index in [-0.39, 0.29) is 0 Å². The molecule has 0 aliphatic rings. The van der Waals surface area contributed by atoms with Gasteiger partial charge >= 0.3 is 27.2 Å². The summed E-state index contributed by atoms with van der Waals surface area (Å²) in [7, 11) is -6.61. The van der Waals surface area contributed by atoms with E-state index in [0.717, 1.165) is 5.69 Å². The highest BCUT2D eigenvalue weighted by Gasteiger charge is 2.75. The number of hydrogen-bond donors (Lipinski definition) is 3. The van der Waals surface area contributed by atoms with E-state index in [2.05, 4.69) is 5.43 Å². The number of para-hydroxylation sites is 1. The van der Waals surface area contributed by atoms with Crippen LogP contribution in [0.15, 0.2) is 30.3 Å². The van der Waals surface area contributed by atoms with Gasteiger partial charge in [0.15, 0.2) is 0 Å². The van der Waals surface area contributed by atoms with Crippen LogP contribution in [0.5, 0.6) is 0 Å². The molecule has 0 aliphatic carbocycles. The first-order valence-corrected chi connectivity index (χ1v) is 6.74. The van der Waals surface area contributed by atoms with E-state index in [9.17, 15) is 34.8 Å². The molecule has 22 heavy (non-hydrogen) atoms. The molecule has 4 N–H and O–H groups in total. The van der Waals surface area contributed by atoms with Gasteiger partial charge in [-0.1, -0.05) is 18.2 Å². The molecule has 128 valence electrons. The second kappa shape index (κ2) is 6.71. The predicted octanol–water partition coefficient (Wildman–Crippen LogP) is 2.73. The Morgan fingerprint density at radius 2 is 1.45 bits per heavy atom. The van der Waals surface area contributed by atoms with Gasteiger partial charge in [0, 0.05) is 12.6 Å². The van der Waals surface area contributed by atoms with Crippen molar-refractivity contribution in [2.45, 2.75) is 24.0 Å². The lowest BCUT2D eigenvalue weighted by Gasteiger charge is -2.28. The Bertz CT molecular complexity index is 574. The van der Waals surface area contributed by atoms with E-state index in [1.54, 1.807) is 0 Å². The number of hydrazine groups is 1. The molecule has 0 amide bonds. The van der Waals surface area contributed by atoms with Gasteiger partial charge in [0.2, 0.25) is 0 Å². The first kappa shape index (κ1) is 20.5. The number of benzene rings is 1. The van der Waals surface area contributed by atoms with E-state index in [1.807, 2.05) is 30.3 Å². The fourth-order valence-electron chi connectivity index (χ4n) is 0.952. The number of hydrogen-bond acceptors (Lipinski definition) is 4. The van der Waals surface area contributed by atoms with Crippen LogP contribution in [0.25, 0.3) is 0 Å². The summed E-state index contributed by atoms with van der Waals surface area (Å²) in [5, 5.41) is -6.24. The topological polar surface area (TPSA) is 92.4 Å². The van der Waals surface area contributed by atoms with Crippen molar-refractivity contribution in [1.29, 1.82) is 0 Å². The summed E-state index contributed by atoms with van der Waals surface area (Å²) in [5.41, 5.74) is 3.46.